The van der Waals surface area contributed by atoms with Crippen molar-refractivity contribution in [2.75, 3.05) is 24.0 Å². The minimum Gasteiger partial charge on any atom is -0.497 e. The molecule has 6 nitrogen and oxygen atoms in total. The smallest absolute Gasteiger partial charge is 0.119 e. The summed E-state index contributed by atoms with van der Waals surface area (Å²) in [4.78, 5) is 4.84. The third-order valence-corrected chi connectivity index (χ3v) is 17.5. The molecule has 14 aromatic carbocycles. The third-order valence-electron chi connectivity index (χ3n) is 17.5. The van der Waals surface area contributed by atoms with Gasteiger partial charge >= 0.3 is 0 Å². The van der Waals surface area contributed by atoms with Crippen molar-refractivity contribution in [1.82, 2.24) is 9.13 Å². The molecule has 0 spiro atoms. The molecule has 0 N–H and O–H groups in total. The van der Waals surface area contributed by atoms with E-state index in [-0.39, 0.29) is 0 Å². The maximum Gasteiger partial charge on any atom is 0.119 e. The standard InChI is InChI=1S/C76H56N4O2/c1-5-77-67-37-15-47(43-63(67)65-45-57(29-41-69(65)77)79(55-25-31-59(81-3)32-26-55)71-39-23-53-19-17-49-9-7-11-51-21-35-61(71)75(53)73(49)51)13-14-48-16-38-68-64(44-48)66-46-58(30-42-70(66)78(68)6-2)80(56-27-33-60(82-4)34-28-56)72-40-24-54-20-18-50-10-8-12-52-22-36-62(72)76(54)74(50)52/h7-46H,5-6H2,1-4H3/b14-13+. The van der Waals surface area contributed by atoms with Gasteiger partial charge in [-0.05, 0) is 200 Å². The van der Waals surface area contributed by atoms with Crippen molar-refractivity contribution in [1.29, 1.82) is 0 Å². The molecule has 0 unspecified atom stereocenters. The Balaban J connectivity index is 0.807. The summed E-state index contributed by atoms with van der Waals surface area (Å²) in [6.45, 7) is 6.20. The number of ether oxygens (including phenoxy) is 2. The molecule has 0 aliphatic carbocycles. The van der Waals surface area contributed by atoms with Crippen molar-refractivity contribution in [3.8, 4) is 11.5 Å². The normalized spacial score (nSPS) is 12.2. The Morgan fingerprint density at radius 2 is 0.646 bits per heavy atom. The first-order chi connectivity index (χ1) is 40.4. The largest absolute Gasteiger partial charge is 0.497 e. The van der Waals surface area contributed by atoms with Crippen LogP contribution in [0.25, 0.3) is 120 Å². The number of anilines is 6. The minimum atomic E-state index is 0.826. The van der Waals surface area contributed by atoms with E-state index in [4.69, 9.17) is 9.47 Å². The Kier molecular flexibility index (Phi) is 10.8. The predicted octanol–water partition coefficient (Wildman–Crippen LogP) is 20.9. The summed E-state index contributed by atoms with van der Waals surface area (Å²) >= 11 is 0. The molecule has 2 aromatic heterocycles. The molecular weight excluding hydrogens is 1000 g/mol. The number of hydrogen-bond donors (Lipinski definition) is 0. The highest BCUT2D eigenvalue weighted by atomic mass is 16.5. The van der Waals surface area contributed by atoms with E-state index in [9.17, 15) is 0 Å². The zero-order valence-corrected chi connectivity index (χ0v) is 46.1. The first-order valence-corrected chi connectivity index (χ1v) is 28.5. The van der Waals surface area contributed by atoms with Gasteiger partial charge in [0.05, 0.1) is 25.6 Å². The van der Waals surface area contributed by atoms with Crippen molar-refractivity contribution in [2.45, 2.75) is 26.9 Å². The maximum absolute atomic E-state index is 5.67. The molecule has 0 saturated heterocycles. The van der Waals surface area contributed by atoms with E-state index < -0.39 is 0 Å². The van der Waals surface area contributed by atoms with Gasteiger partial charge in [-0.15, -0.1) is 0 Å². The van der Waals surface area contributed by atoms with E-state index in [2.05, 4.69) is 275 Å². The minimum absolute atomic E-state index is 0.826. The molecule has 0 radical (unpaired) electrons. The first-order valence-electron chi connectivity index (χ1n) is 28.5. The molecule has 2 heterocycles. The summed E-state index contributed by atoms with van der Waals surface area (Å²) in [5.74, 6) is 1.65. The zero-order valence-electron chi connectivity index (χ0n) is 46.1. The Hall–Kier alpha value is -10.3. The van der Waals surface area contributed by atoms with Gasteiger partial charge in [0.1, 0.15) is 11.5 Å². The molecule has 16 aromatic rings. The number of aryl methyl sites for hydroxylation is 2. The van der Waals surface area contributed by atoms with Gasteiger partial charge in [0.2, 0.25) is 0 Å². The Morgan fingerprint density at radius 1 is 0.317 bits per heavy atom. The average Bonchev–Trinajstić information content (AvgIpc) is 3.33. The summed E-state index contributed by atoms with van der Waals surface area (Å²) in [7, 11) is 3.45. The number of fused-ring (bicyclic) bond motifs is 6. The van der Waals surface area contributed by atoms with Crippen LogP contribution in [0, 0.1) is 0 Å². The summed E-state index contributed by atoms with van der Waals surface area (Å²) in [6.07, 6.45) is 4.55. The van der Waals surface area contributed by atoms with Gasteiger partial charge in [-0.3, -0.25) is 0 Å². The van der Waals surface area contributed by atoms with Crippen molar-refractivity contribution in [3.63, 3.8) is 0 Å². The lowest BCUT2D eigenvalue weighted by molar-refractivity contribution is 0.414. The molecule has 0 saturated carbocycles. The molecular formula is C76H56N4O2. The number of methoxy groups -OCH3 is 2. The molecule has 392 valence electrons. The fourth-order valence-electron chi connectivity index (χ4n) is 13.7. The summed E-state index contributed by atoms with van der Waals surface area (Å²) in [5, 5.41) is 20.0. The van der Waals surface area contributed by atoms with E-state index >= 15 is 0 Å². The quantitative estimate of drug-likeness (QED) is 0.0902. The second-order valence-corrected chi connectivity index (χ2v) is 21.7. The van der Waals surface area contributed by atoms with Gasteiger partial charge in [0.25, 0.3) is 0 Å². The van der Waals surface area contributed by atoms with E-state index in [0.29, 0.717) is 0 Å². The van der Waals surface area contributed by atoms with Crippen molar-refractivity contribution in [2.24, 2.45) is 0 Å². The van der Waals surface area contributed by atoms with E-state index in [0.717, 1.165) is 69.8 Å². The van der Waals surface area contributed by atoms with Crippen LogP contribution in [0.5, 0.6) is 11.5 Å². The van der Waals surface area contributed by atoms with Crippen LogP contribution in [-0.2, 0) is 13.1 Å². The highest BCUT2D eigenvalue weighted by Gasteiger charge is 2.23. The van der Waals surface area contributed by atoms with Gasteiger partial charge in [0, 0.05) is 90.2 Å². The Labute approximate surface area is 474 Å². The van der Waals surface area contributed by atoms with Crippen LogP contribution in [0.1, 0.15) is 25.0 Å². The van der Waals surface area contributed by atoms with Crippen LogP contribution in [-0.4, -0.2) is 23.4 Å². The molecule has 6 heteroatoms. The summed E-state index contributed by atoms with van der Waals surface area (Å²) < 4.78 is 16.2. The summed E-state index contributed by atoms with van der Waals surface area (Å²) in [5.41, 5.74) is 13.7. The molecule has 0 amide bonds. The van der Waals surface area contributed by atoms with Crippen LogP contribution in [0.4, 0.5) is 34.1 Å². The van der Waals surface area contributed by atoms with Gasteiger partial charge in [-0.2, -0.15) is 0 Å². The average molecular weight is 1060 g/mol. The van der Waals surface area contributed by atoms with Crippen molar-refractivity contribution < 1.29 is 9.47 Å². The van der Waals surface area contributed by atoms with Gasteiger partial charge < -0.3 is 28.4 Å². The lowest BCUT2D eigenvalue weighted by Crippen LogP contribution is -2.10. The van der Waals surface area contributed by atoms with E-state index in [1.165, 1.54) is 108 Å². The van der Waals surface area contributed by atoms with Crippen molar-refractivity contribution >= 4 is 155 Å². The fraction of sp³-hybridized carbons (Fsp3) is 0.0789. The molecule has 0 atom stereocenters. The van der Waals surface area contributed by atoms with E-state index in [1.54, 1.807) is 14.2 Å². The van der Waals surface area contributed by atoms with Gasteiger partial charge in [-0.1, -0.05) is 121 Å². The number of rotatable bonds is 12. The Morgan fingerprint density at radius 3 is 1.02 bits per heavy atom. The molecule has 82 heavy (non-hydrogen) atoms. The number of aromatic nitrogens is 2. The lowest BCUT2D eigenvalue weighted by atomic mass is 9.93. The monoisotopic (exact) mass is 1060 g/mol. The third kappa shape index (κ3) is 7.27. The number of hydrogen-bond acceptors (Lipinski definition) is 4. The second kappa shape index (κ2) is 18.7. The van der Waals surface area contributed by atoms with Gasteiger partial charge in [0.15, 0.2) is 0 Å². The molecule has 0 aliphatic rings. The SMILES string of the molecule is CCn1c2ccc(/C=C/c3ccc4c(c3)c3cc(N(c5ccc(OC)cc5)c5ccc6ccc7cccc8ccc5c6c78)ccc3n4CC)cc2c2cc(N(c3ccc(OC)cc3)c3ccc4ccc5cccc6ccc3c4c56)ccc21. The lowest BCUT2D eigenvalue weighted by Gasteiger charge is -2.28. The van der Waals surface area contributed by atoms with Crippen LogP contribution in [0.15, 0.2) is 231 Å². The highest BCUT2D eigenvalue weighted by molar-refractivity contribution is 6.27. The van der Waals surface area contributed by atoms with Crippen molar-refractivity contribution in [3.05, 3.63) is 242 Å². The second-order valence-electron chi connectivity index (χ2n) is 21.7. The summed E-state index contributed by atoms with van der Waals surface area (Å²) in [6, 6.07) is 85.3. The van der Waals surface area contributed by atoms with Gasteiger partial charge in [-0.25, -0.2) is 0 Å². The molecule has 16 rings (SSSR count). The predicted molar refractivity (Wildman–Crippen MR) is 349 cm³/mol. The van der Waals surface area contributed by atoms with Crippen LogP contribution in [0.2, 0.25) is 0 Å². The van der Waals surface area contributed by atoms with Crippen LogP contribution < -0.4 is 19.3 Å². The Bertz CT molecular complexity index is 4860. The zero-order chi connectivity index (χ0) is 54.7. The first kappa shape index (κ1) is 47.7. The number of nitrogens with zero attached hydrogens (tertiary/aromatic N) is 4. The molecule has 0 bridgehead atoms. The topological polar surface area (TPSA) is 34.8 Å². The maximum atomic E-state index is 5.67. The van der Waals surface area contributed by atoms with E-state index in [1.807, 2.05) is 0 Å². The fourth-order valence-corrected chi connectivity index (χ4v) is 13.7. The highest BCUT2D eigenvalue weighted by Crippen LogP contribution is 2.48. The number of benzene rings is 14. The molecule has 0 fully saturated rings. The van der Waals surface area contributed by atoms with Crippen LogP contribution >= 0.6 is 0 Å². The molecule has 0 aliphatic heterocycles. The van der Waals surface area contributed by atoms with Crippen LogP contribution in [0.3, 0.4) is 0 Å².